The molecule has 2 aromatic rings. The van der Waals surface area contributed by atoms with Crippen molar-refractivity contribution >= 4 is 28.2 Å². The van der Waals surface area contributed by atoms with Crippen LogP contribution in [-0.2, 0) is 16.1 Å². The first-order valence-electron chi connectivity index (χ1n) is 8.16. The number of hydrogen-bond acceptors (Lipinski definition) is 9. The zero-order valence-corrected chi connectivity index (χ0v) is 14.7. The van der Waals surface area contributed by atoms with Crippen LogP contribution in [0.1, 0.15) is 10.6 Å². The fourth-order valence-corrected chi connectivity index (χ4v) is 4.11. The molecule has 2 aliphatic heterocycles. The number of pyridine rings is 1. The lowest BCUT2D eigenvalue weighted by molar-refractivity contribution is -0.131. The summed E-state index contributed by atoms with van der Waals surface area (Å²) in [6, 6.07) is 5.54. The van der Waals surface area contributed by atoms with E-state index < -0.39 is 5.41 Å². The van der Waals surface area contributed by atoms with Gasteiger partial charge in [0.05, 0.1) is 36.8 Å². The normalized spacial score (nSPS) is 24.3. The van der Waals surface area contributed by atoms with Crippen molar-refractivity contribution in [3.8, 4) is 6.07 Å². The number of nitrogens with zero attached hydrogens (tertiary/aromatic N) is 5. The van der Waals surface area contributed by atoms with Crippen LogP contribution in [0, 0.1) is 22.7 Å². The fourth-order valence-electron chi connectivity index (χ4n) is 3.56. The van der Waals surface area contributed by atoms with Crippen LogP contribution < -0.4 is 16.0 Å². The molecule has 2 aliphatic rings. The highest BCUT2D eigenvalue weighted by Gasteiger charge is 2.56. The number of nitrogens with two attached hydrogens (primary N) is 1. The van der Waals surface area contributed by atoms with E-state index in [0.29, 0.717) is 54.4 Å². The van der Waals surface area contributed by atoms with Crippen molar-refractivity contribution in [2.75, 3.05) is 36.9 Å². The molecule has 2 fully saturated rings. The lowest BCUT2D eigenvalue weighted by atomic mass is 9.80. The number of rotatable bonds is 4. The second-order valence-electron chi connectivity index (χ2n) is 6.48. The molecule has 4 rings (SSSR count). The predicted molar refractivity (Wildman–Crippen MR) is 94.1 cm³/mol. The Morgan fingerprint density at radius 2 is 2.46 bits per heavy atom. The van der Waals surface area contributed by atoms with Crippen molar-refractivity contribution in [2.24, 2.45) is 11.3 Å². The minimum atomic E-state index is -0.624. The monoisotopic (exact) mass is 371 g/mol. The third-order valence-electron chi connectivity index (χ3n) is 4.91. The van der Waals surface area contributed by atoms with Crippen LogP contribution in [0.15, 0.2) is 18.3 Å². The zero-order valence-electron chi connectivity index (χ0n) is 13.9. The molecule has 0 unspecified atom stereocenters. The van der Waals surface area contributed by atoms with Crippen molar-refractivity contribution in [3.63, 3.8) is 0 Å². The van der Waals surface area contributed by atoms with Gasteiger partial charge in [-0.05, 0) is 12.1 Å². The Kier molecular flexibility index (Phi) is 4.18. The van der Waals surface area contributed by atoms with Gasteiger partial charge in [0.25, 0.3) is 0 Å². The van der Waals surface area contributed by atoms with Crippen molar-refractivity contribution in [2.45, 2.75) is 6.54 Å². The molecule has 0 aromatic carbocycles. The number of amides is 1. The zero-order chi connectivity index (χ0) is 18.1. The molecule has 26 heavy (non-hydrogen) atoms. The van der Waals surface area contributed by atoms with E-state index in [9.17, 15) is 4.79 Å². The summed E-state index contributed by atoms with van der Waals surface area (Å²) in [6.07, 6.45) is 1.62. The number of hydrogen-bond donors (Lipinski definition) is 2. The maximum atomic E-state index is 13.0. The maximum Gasteiger partial charge on any atom is 0.231 e. The topological polar surface area (TPSA) is 130 Å². The minimum Gasteiger partial charge on any atom is -0.380 e. The number of carbonyl (C=O) groups excluding carboxylic acids is 1. The van der Waals surface area contributed by atoms with Crippen LogP contribution in [0.5, 0.6) is 0 Å². The van der Waals surface area contributed by atoms with Crippen molar-refractivity contribution in [3.05, 3.63) is 28.9 Å². The summed E-state index contributed by atoms with van der Waals surface area (Å²) < 4.78 is 5.62. The number of nitrogens with one attached hydrogen (secondary N) is 1. The average Bonchev–Trinajstić information content (AvgIpc) is 3.33. The third kappa shape index (κ3) is 2.85. The Balaban J connectivity index is 1.50. The first-order valence-corrected chi connectivity index (χ1v) is 8.97. The number of ether oxygens (including phenoxy) is 1. The highest BCUT2D eigenvalue weighted by atomic mass is 32.1. The van der Waals surface area contributed by atoms with Crippen LogP contribution in [0.2, 0.25) is 0 Å². The first-order chi connectivity index (χ1) is 12.6. The van der Waals surface area contributed by atoms with Gasteiger partial charge < -0.3 is 20.7 Å². The number of aromatic nitrogens is 3. The van der Waals surface area contributed by atoms with Gasteiger partial charge in [-0.15, -0.1) is 10.2 Å². The lowest BCUT2D eigenvalue weighted by Crippen LogP contribution is -2.46. The van der Waals surface area contributed by atoms with Crippen LogP contribution in [0.25, 0.3) is 0 Å². The summed E-state index contributed by atoms with van der Waals surface area (Å²) in [5.41, 5.74) is 5.50. The molecule has 0 saturated carbocycles. The van der Waals surface area contributed by atoms with E-state index in [4.69, 9.17) is 15.7 Å². The molecule has 3 N–H and O–H groups in total. The Morgan fingerprint density at radius 1 is 1.58 bits per heavy atom. The van der Waals surface area contributed by atoms with E-state index in [1.807, 2.05) is 0 Å². The van der Waals surface area contributed by atoms with E-state index in [2.05, 4.69) is 31.5 Å². The first kappa shape index (κ1) is 16.7. The highest BCUT2D eigenvalue weighted by molar-refractivity contribution is 7.15. The van der Waals surface area contributed by atoms with Gasteiger partial charge >= 0.3 is 0 Å². The Hall–Kier alpha value is -2.77. The Labute approximate surface area is 153 Å². The van der Waals surface area contributed by atoms with E-state index in [1.165, 1.54) is 11.3 Å². The molecule has 1 amide bonds. The molecular weight excluding hydrogens is 354 g/mol. The van der Waals surface area contributed by atoms with Gasteiger partial charge in [-0.3, -0.25) is 4.79 Å². The number of carbonyl (C=O) groups is 1. The van der Waals surface area contributed by atoms with Crippen molar-refractivity contribution < 1.29 is 9.53 Å². The van der Waals surface area contributed by atoms with Crippen LogP contribution in [0.3, 0.4) is 0 Å². The average molecular weight is 371 g/mol. The number of anilines is 2. The van der Waals surface area contributed by atoms with Crippen molar-refractivity contribution in [1.29, 1.82) is 5.26 Å². The summed E-state index contributed by atoms with van der Waals surface area (Å²) in [6.45, 7) is 2.37. The molecule has 0 aliphatic carbocycles. The van der Waals surface area contributed by atoms with Gasteiger partial charge in [-0.2, -0.15) is 5.26 Å². The number of nitriles is 1. The molecule has 2 aromatic heterocycles. The standard InChI is InChI=1S/C16H17N7O2S/c17-4-10-1-2-19-12(3-10)23-6-11-7-25-9-16(11,8-23)14(24)20-5-13-21-22-15(18)26-13/h1-3,11H,5-9H2,(H2,18,22)(H,20,24)/t11-,16-/m0/s1. The SMILES string of the molecule is N#Cc1ccnc(N2C[C@H]3COC[C@@]3(C(=O)NCc3nnc(N)s3)C2)c1. The van der Waals surface area contributed by atoms with Gasteiger partial charge in [0.2, 0.25) is 11.0 Å². The molecule has 2 atom stereocenters. The van der Waals surface area contributed by atoms with Gasteiger partial charge in [0.15, 0.2) is 0 Å². The van der Waals surface area contributed by atoms with Gasteiger partial charge in [-0.25, -0.2) is 4.98 Å². The van der Waals surface area contributed by atoms with Crippen LogP contribution in [-0.4, -0.2) is 47.4 Å². The summed E-state index contributed by atoms with van der Waals surface area (Å²) in [7, 11) is 0. The quantitative estimate of drug-likeness (QED) is 0.777. The Bertz CT molecular complexity index is 879. The van der Waals surface area contributed by atoms with Gasteiger partial charge in [-0.1, -0.05) is 11.3 Å². The maximum absolute atomic E-state index is 13.0. The second-order valence-corrected chi connectivity index (χ2v) is 7.57. The molecule has 134 valence electrons. The largest absolute Gasteiger partial charge is 0.380 e. The smallest absolute Gasteiger partial charge is 0.231 e. The summed E-state index contributed by atoms with van der Waals surface area (Å²) in [4.78, 5) is 19.4. The minimum absolute atomic E-state index is 0.0623. The highest BCUT2D eigenvalue weighted by Crippen LogP contribution is 2.42. The molecular formula is C16H17N7O2S. The van der Waals surface area contributed by atoms with E-state index in [1.54, 1.807) is 18.3 Å². The summed E-state index contributed by atoms with van der Waals surface area (Å²) in [5, 5.41) is 20.8. The predicted octanol–water partition coefficient (Wildman–Crippen LogP) is 0.156. The molecule has 0 radical (unpaired) electrons. The lowest BCUT2D eigenvalue weighted by Gasteiger charge is -2.26. The number of fused-ring (bicyclic) bond motifs is 1. The Morgan fingerprint density at radius 3 is 3.23 bits per heavy atom. The van der Waals surface area contributed by atoms with E-state index in [-0.39, 0.29) is 11.8 Å². The molecule has 0 spiro atoms. The van der Waals surface area contributed by atoms with Crippen LogP contribution >= 0.6 is 11.3 Å². The van der Waals surface area contributed by atoms with Gasteiger partial charge in [0.1, 0.15) is 10.8 Å². The molecule has 0 bridgehead atoms. The second kappa shape index (κ2) is 6.51. The molecule has 9 nitrogen and oxygen atoms in total. The van der Waals surface area contributed by atoms with Crippen LogP contribution in [0.4, 0.5) is 10.9 Å². The number of nitrogen functional groups attached to an aromatic ring is 1. The molecule has 4 heterocycles. The molecule has 10 heteroatoms. The van der Waals surface area contributed by atoms with E-state index in [0.717, 1.165) is 0 Å². The molecule has 2 saturated heterocycles. The van der Waals surface area contributed by atoms with Gasteiger partial charge in [0, 0.05) is 25.2 Å². The summed E-state index contributed by atoms with van der Waals surface area (Å²) in [5.74, 6) is 0.727. The third-order valence-corrected chi connectivity index (χ3v) is 5.66. The van der Waals surface area contributed by atoms with E-state index >= 15 is 0 Å². The van der Waals surface area contributed by atoms with Crippen molar-refractivity contribution in [1.82, 2.24) is 20.5 Å². The summed E-state index contributed by atoms with van der Waals surface area (Å²) >= 11 is 1.26. The fraction of sp³-hybridized carbons (Fsp3) is 0.438.